The summed E-state index contributed by atoms with van der Waals surface area (Å²) in [6, 6.07) is 6.58. The maximum absolute atomic E-state index is 6.11. The summed E-state index contributed by atoms with van der Waals surface area (Å²) in [7, 11) is 0. The number of halogens is 1. The van der Waals surface area contributed by atoms with E-state index in [1.165, 1.54) is 12.8 Å². The maximum atomic E-state index is 6.11. The molecule has 3 rings (SSSR count). The van der Waals surface area contributed by atoms with Gasteiger partial charge in [0.15, 0.2) is 0 Å². The lowest BCUT2D eigenvalue weighted by Crippen LogP contribution is -2.17. The Balaban J connectivity index is 1.96. The highest BCUT2D eigenvalue weighted by molar-refractivity contribution is 6.30. The third kappa shape index (κ3) is 2.80. The first kappa shape index (κ1) is 12.6. The highest BCUT2D eigenvalue weighted by atomic mass is 35.5. The average Bonchev–Trinajstić information content (AvgIpc) is 3.12. The molecule has 1 N–H and O–H groups in total. The van der Waals surface area contributed by atoms with E-state index >= 15 is 0 Å². The Kier molecular flexibility index (Phi) is 3.29. The van der Waals surface area contributed by atoms with Crippen molar-refractivity contribution in [3.63, 3.8) is 0 Å². The standard InChI is InChI=1S/C14H17ClN4/c1-9-17-10(2)19(18-9)14-6-3-12(15)7-11(14)8-16-13-4-5-13/h3,6-7,13,16H,4-5,8H2,1-2H3. The first-order valence-electron chi connectivity index (χ1n) is 6.56. The topological polar surface area (TPSA) is 42.7 Å². The Hall–Kier alpha value is -1.39. The summed E-state index contributed by atoms with van der Waals surface area (Å²) in [6.45, 7) is 4.69. The van der Waals surface area contributed by atoms with Crippen LogP contribution in [0, 0.1) is 13.8 Å². The zero-order chi connectivity index (χ0) is 13.4. The molecule has 4 nitrogen and oxygen atoms in total. The molecule has 0 bridgehead atoms. The lowest BCUT2D eigenvalue weighted by atomic mass is 10.1. The van der Waals surface area contributed by atoms with Crippen molar-refractivity contribution in [1.82, 2.24) is 20.1 Å². The van der Waals surface area contributed by atoms with Gasteiger partial charge in [-0.05, 0) is 50.5 Å². The van der Waals surface area contributed by atoms with Crippen LogP contribution < -0.4 is 5.32 Å². The molecule has 1 aromatic heterocycles. The van der Waals surface area contributed by atoms with Gasteiger partial charge in [-0.25, -0.2) is 9.67 Å². The first-order valence-corrected chi connectivity index (χ1v) is 6.94. The fourth-order valence-electron chi connectivity index (χ4n) is 2.19. The Morgan fingerprint density at radius 1 is 1.37 bits per heavy atom. The number of rotatable bonds is 4. The SMILES string of the molecule is Cc1nc(C)n(-c2ccc(Cl)cc2CNC2CC2)n1. The largest absolute Gasteiger partial charge is 0.310 e. The Bertz CT molecular complexity index is 601. The summed E-state index contributed by atoms with van der Waals surface area (Å²) in [4.78, 5) is 4.36. The van der Waals surface area contributed by atoms with Gasteiger partial charge in [0, 0.05) is 17.6 Å². The van der Waals surface area contributed by atoms with Gasteiger partial charge in [-0.2, -0.15) is 5.10 Å². The van der Waals surface area contributed by atoms with E-state index in [2.05, 4.69) is 15.4 Å². The second kappa shape index (κ2) is 4.94. The summed E-state index contributed by atoms with van der Waals surface area (Å²) < 4.78 is 1.88. The molecule has 1 aliphatic rings. The zero-order valence-electron chi connectivity index (χ0n) is 11.2. The van der Waals surface area contributed by atoms with Gasteiger partial charge in [-0.15, -0.1) is 0 Å². The minimum atomic E-state index is 0.672. The summed E-state index contributed by atoms with van der Waals surface area (Å²) >= 11 is 6.11. The molecule has 0 unspecified atom stereocenters. The Labute approximate surface area is 117 Å². The van der Waals surface area contributed by atoms with Gasteiger partial charge in [0.25, 0.3) is 0 Å². The van der Waals surface area contributed by atoms with Gasteiger partial charge in [0.05, 0.1) is 5.69 Å². The van der Waals surface area contributed by atoms with Crippen LogP contribution in [-0.2, 0) is 6.54 Å². The Morgan fingerprint density at radius 3 is 2.79 bits per heavy atom. The molecule has 0 spiro atoms. The highest BCUT2D eigenvalue weighted by Gasteiger charge is 2.21. The number of aryl methyl sites for hydroxylation is 2. The normalized spacial score (nSPS) is 14.9. The van der Waals surface area contributed by atoms with Crippen LogP contribution >= 0.6 is 11.6 Å². The van der Waals surface area contributed by atoms with Crippen molar-refractivity contribution >= 4 is 11.6 Å². The van der Waals surface area contributed by atoms with E-state index in [4.69, 9.17) is 11.6 Å². The van der Waals surface area contributed by atoms with Crippen molar-refractivity contribution < 1.29 is 0 Å². The van der Waals surface area contributed by atoms with Crippen LogP contribution in [-0.4, -0.2) is 20.8 Å². The highest BCUT2D eigenvalue weighted by Crippen LogP contribution is 2.23. The lowest BCUT2D eigenvalue weighted by Gasteiger charge is -2.11. The summed E-state index contributed by atoms with van der Waals surface area (Å²) in [5.41, 5.74) is 2.21. The van der Waals surface area contributed by atoms with Crippen molar-refractivity contribution in [1.29, 1.82) is 0 Å². The van der Waals surface area contributed by atoms with Crippen LogP contribution in [0.5, 0.6) is 0 Å². The molecule has 19 heavy (non-hydrogen) atoms. The maximum Gasteiger partial charge on any atom is 0.148 e. The molecule has 100 valence electrons. The van der Waals surface area contributed by atoms with Gasteiger partial charge in [-0.1, -0.05) is 11.6 Å². The second-order valence-electron chi connectivity index (χ2n) is 5.05. The van der Waals surface area contributed by atoms with E-state index in [0.29, 0.717) is 6.04 Å². The van der Waals surface area contributed by atoms with E-state index < -0.39 is 0 Å². The van der Waals surface area contributed by atoms with Crippen LogP contribution in [0.25, 0.3) is 5.69 Å². The zero-order valence-corrected chi connectivity index (χ0v) is 11.9. The predicted octanol–water partition coefficient (Wildman–Crippen LogP) is 2.79. The van der Waals surface area contributed by atoms with Crippen LogP contribution in [0.15, 0.2) is 18.2 Å². The first-order chi connectivity index (χ1) is 9.13. The van der Waals surface area contributed by atoms with Crippen molar-refractivity contribution in [2.24, 2.45) is 0 Å². The van der Waals surface area contributed by atoms with Crippen molar-refractivity contribution in [3.8, 4) is 5.69 Å². The van der Waals surface area contributed by atoms with Crippen molar-refractivity contribution in [2.45, 2.75) is 39.3 Å². The molecule has 0 amide bonds. The Morgan fingerprint density at radius 2 is 2.16 bits per heavy atom. The molecule has 1 aromatic carbocycles. The molecule has 1 heterocycles. The lowest BCUT2D eigenvalue weighted by molar-refractivity contribution is 0.679. The number of benzene rings is 1. The molecular formula is C14H17ClN4. The molecule has 0 aliphatic heterocycles. The molecule has 0 atom stereocenters. The fraction of sp³-hybridized carbons (Fsp3) is 0.429. The van der Waals surface area contributed by atoms with Gasteiger partial charge >= 0.3 is 0 Å². The van der Waals surface area contributed by atoms with Crippen LogP contribution in [0.3, 0.4) is 0 Å². The molecule has 2 aromatic rings. The molecule has 1 aliphatic carbocycles. The van der Waals surface area contributed by atoms with E-state index in [1.54, 1.807) is 0 Å². The molecular weight excluding hydrogens is 260 g/mol. The molecule has 1 saturated carbocycles. The van der Waals surface area contributed by atoms with Gasteiger partial charge < -0.3 is 5.32 Å². The van der Waals surface area contributed by atoms with E-state index in [-0.39, 0.29) is 0 Å². The molecule has 1 fully saturated rings. The number of hydrogen-bond donors (Lipinski definition) is 1. The van der Waals surface area contributed by atoms with Crippen LogP contribution in [0.4, 0.5) is 0 Å². The van der Waals surface area contributed by atoms with E-state index in [0.717, 1.165) is 34.5 Å². The minimum absolute atomic E-state index is 0.672. The number of nitrogens with one attached hydrogen (secondary N) is 1. The van der Waals surface area contributed by atoms with Gasteiger partial charge in [0.2, 0.25) is 0 Å². The fourth-order valence-corrected chi connectivity index (χ4v) is 2.39. The van der Waals surface area contributed by atoms with Gasteiger partial charge in [-0.3, -0.25) is 0 Å². The average molecular weight is 277 g/mol. The third-order valence-electron chi connectivity index (χ3n) is 3.30. The van der Waals surface area contributed by atoms with E-state index in [1.807, 2.05) is 36.7 Å². The van der Waals surface area contributed by atoms with Crippen molar-refractivity contribution in [3.05, 3.63) is 40.4 Å². The third-order valence-corrected chi connectivity index (χ3v) is 3.54. The van der Waals surface area contributed by atoms with E-state index in [9.17, 15) is 0 Å². The second-order valence-corrected chi connectivity index (χ2v) is 5.48. The number of nitrogens with zero attached hydrogens (tertiary/aromatic N) is 3. The smallest absolute Gasteiger partial charge is 0.148 e. The number of aromatic nitrogens is 3. The predicted molar refractivity (Wildman–Crippen MR) is 75.7 cm³/mol. The summed E-state index contributed by atoms with van der Waals surface area (Å²) in [5, 5.41) is 8.72. The van der Waals surface area contributed by atoms with Gasteiger partial charge in [0.1, 0.15) is 11.6 Å². The van der Waals surface area contributed by atoms with Crippen LogP contribution in [0.2, 0.25) is 5.02 Å². The summed E-state index contributed by atoms with van der Waals surface area (Å²) in [5.74, 6) is 1.68. The quantitative estimate of drug-likeness (QED) is 0.934. The van der Waals surface area contributed by atoms with Crippen molar-refractivity contribution in [2.75, 3.05) is 0 Å². The minimum Gasteiger partial charge on any atom is -0.310 e. The molecule has 0 saturated heterocycles. The monoisotopic (exact) mass is 276 g/mol. The summed E-state index contributed by atoms with van der Waals surface area (Å²) in [6.07, 6.45) is 2.55. The van der Waals surface area contributed by atoms with Crippen LogP contribution in [0.1, 0.15) is 30.1 Å². The molecule has 5 heteroatoms. The number of hydrogen-bond acceptors (Lipinski definition) is 3. The molecule has 0 radical (unpaired) electrons.